The second-order valence-corrected chi connectivity index (χ2v) is 10.8. The quantitative estimate of drug-likeness (QED) is 0.587. The van der Waals surface area contributed by atoms with Gasteiger partial charge in [0.1, 0.15) is 6.61 Å². The average Bonchev–Trinajstić information content (AvgIpc) is 2.94. The smallest absolute Gasteiger partial charge is 0.129 e. The van der Waals surface area contributed by atoms with E-state index in [-0.39, 0.29) is 11.5 Å². The first-order valence-corrected chi connectivity index (χ1v) is 11.3. The third kappa shape index (κ3) is 3.35. The largest absolute Gasteiger partial charge is 0.394 e. The Morgan fingerprint density at radius 3 is 2.59 bits per heavy atom. The lowest BCUT2D eigenvalue weighted by Crippen LogP contribution is -2.54. The Morgan fingerprint density at radius 1 is 1.04 bits per heavy atom. The summed E-state index contributed by atoms with van der Waals surface area (Å²) in [6.45, 7) is 6.59. The third-order valence-electron chi connectivity index (χ3n) is 9.27. The molecule has 0 radical (unpaired) electrons. The van der Waals surface area contributed by atoms with Crippen LogP contribution >= 0.6 is 0 Å². The molecule has 4 heteroatoms. The molecule has 0 heterocycles. The number of aliphatic hydroxyl groups is 1. The Labute approximate surface area is 165 Å². The molecule has 0 aromatic heterocycles. The number of nitrogens with zero attached hydrogens (tertiary/aromatic N) is 2. The van der Waals surface area contributed by atoms with Crippen molar-refractivity contribution in [2.45, 2.75) is 77.7 Å². The van der Waals surface area contributed by atoms with Crippen LogP contribution in [0.2, 0.25) is 0 Å². The highest BCUT2D eigenvalue weighted by molar-refractivity contribution is 5.85. The van der Waals surface area contributed by atoms with Gasteiger partial charge in [0.05, 0.1) is 11.8 Å². The fraction of sp³-hybridized carbons (Fsp3) is 0.957. The third-order valence-corrected chi connectivity index (χ3v) is 9.27. The standard InChI is InChI=1S/C23H40N2O2/c1-22-11-9-17(24-27-14-13-25(3)4)15-16(22)5-6-18-19-7-8-21(26)23(19,2)12-10-20(18)22/h16,18-21,26H,5-15H2,1-4H3/t16?,18?,19?,20-,21?,22?,23?/m0/s1. The lowest BCUT2D eigenvalue weighted by Gasteiger charge is -2.60. The summed E-state index contributed by atoms with van der Waals surface area (Å²) in [5.74, 6) is 3.24. The molecule has 1 N–H and O–H groups in total. The Kier molecular flexibility index (Phi) is 5.35. The van der Waals surface area contributed by atoms with Crippen LogP contribution in [0.15, 0.2) is 5.16 Å². The van der Waals surface area contributed by atoms with E-state index in [0.717, 1.165) is 49.5 Å². The number of hydrogen-bond acceptors (Lipinski definition) is 4. The van der Waals surface area contributed by atoms with Crippen molar-refractivity contribution in [2.24, 2.45) is 39.7 Å². The summed E-state index contributed by atoms with van der Waals surface area (Å²) in [7, 11) is 4.14. The lowest BCUT2D eigenvalue weighted by atomic mass is 9.45. The Morgan fingerprint density at radius 2 is 1.81 bits per heavy atom. The van der Waals surface area contributed by atoms with E-state index in [1.54, 1.807) is 0 Å². The van der Waals surface area contributed by atoms with E-state index < -0.39 is 0 Å². The van der Waals surface area contributed by atoms with Gasteiger partial charge < -0.3 is 14.8 Å². The Balaban J connectivity index is 1.43. The van der Waals surface area contributed by atoms with Crippen molar-refractivity contribution in [1.29, 1.82) is 0 Å². The molecule has 4 rings (SSSR count). The fourth-order valence-corrected chi connectivity index (χ4v) is 7.48. The molecule has 154 valence electrons. The molecule has 0 spiro atoms. The van der Waals surface area contributed by atoms with E-state index >= 15 is 0 Å². The summed E-state index contributed by atoms with van der Waals surface area (Å²) < 4.78 is 0. The molecule has 0 aliphatic heterocycles. The molecular weight excluding hydrogens is 336 g/mol. The average molecular weight is 377 g/mol. The van der Waals surface area contributed by atoms with E-state index in [1.165, 1.54) is 44.2 Å². The maximum Gasteiger partial charge on any atom is 0.129 e. The summed E-state index contributed by atoms with van der Waals surface area (Å²) >= 11 is 0. The molecule has 0 saturated heterocycles. The molecule has 4 fully saturated rings. The Bertz CT molecular complexity index is 577. The number of aliphatic hydroxyl groups excluding tert-OH is 1. The lowest BCUT2D eigenvalue weighted by molar-refractivity contribution is -0.112. The van der Waals surface area contributed by atoms with Gasteiger partial charge in [-0.2, -0.15) is 0 Å². The molecule has 0 amide bonds. The predicted octanol–water partition coefficient (Wildman–Crippen LogP) is 4.32. The van der Waals surface area contributed by atoms with Gasteiger partial charge >= 0.3 is 0 Å². The molecule has 27 heavy (non-hydrogen) atoms. The molecule has 7 atom stereocenters. The number of hydrogen-bond donors (Lipinski definition) is 1. The molecule has 0 bridgehead atoms. The van der Waals surface area contributed by atoms with Crippen molar-refractivity contribution in [3.8, 4) is 0 Å². The summed E-state index contributed by atoms with van der Waals surface area (Å²) in [5.41, 5.74) is 1.97. The summed E-state index contributed by atoms with van der Waals surface area (Å²) in [5, 5.41) is 15.1. The normalized spacial score (nSPS) is 48.2. The van der Waals surface area contributed by atoms with Crippen LogP contribution in [0.1, 0.15) is 71.6 Å². The summed E-state index contributed by atoms with van der Waals surface area (Å²) in [6, 6.07) is 0. The van der Waals surface area contributed by atoms with Gasteiger partial charge in [-0.3, -0.25) is 0 Å². The van der Waals surface area contributed by atoms with E-state index in [9.17, 15) is 5.11 Å². The minimum Gasteiger partial charge on any atom is -0.394 e. The van der Waals surface area contributed by atoms with E-state index in [4.69, 9.17) is 4.84 Å². The van der Waals surface area contributed by atoms with Gasteiger partial charge in [0.2, 0.25) is 0 Å². The van der Waals surface area contributed by atoms with Crippen molar-refractivity contribution in [1.82, 2.24) is 4.90 Å². The van der Waals surface area contributed by atoms with Gasteiger partial charge in [0.25, 0.3) is 0 Å². The first-order chi connectivity index (χ1) is 12.8. The molecule has 4 aliphatic rings. The second kappa shape index (κ2) is 7.33. The molecule has 0 aromatic carbocycles. The Hall–Kier alpha value is -0.610. The van der Waals surface area contributed by atoms with Crippen molar-refractivity contribution in [3.05, 3.63) is 0 Å². The second-order valence-electron chi connectivity index (χ2n) is 10.8. The topological polar surface area (TPSA) is 45.1 Å². The van der Waals surface area contributed by atoms with Crippen LogP contribution in [0.3, 0.4) is 0 Å². The van der Waals surface area contributed by atoms with Crippen LogP contribution in [0.4, 0.5) is 0 Å². The monoisotopic (exact) mass is 376 g/mol. The van der Waals surface area contributed by atoms with Crippen molar-refractivity contribution < 1.29 is 9.94 Å². The van der Waals surface area contributed by atoms with E-state index in [1.807, 2.05) is 0 Å². The van der Waals surface area contributed by atoms with Crippen molar-refractivity contribution in [2.75, 3.05) is 27.2 Å². The van der Waals surface area contributed by atoms with Crippen LogP contribution in [0, 0.1) is 34.5 Å². The zero-order valence-electron chi connectivity index (χ0n) is 17.9. The van der Waals surface area contributed by atoms with Gasteiger partial charge in [-0.25, -0.2) is 0 Å². The molecule has 4 aliphatic carbocycles. The van der Waals surface area contributed by atoms with Crippen LogP contribution in [-0.4, -0.2) is 49.1 Å². The minimum absolute atomic E-state index is 0.0571. The molecular formula is C23H40N2O2. The first-order valence-electron chi connectivity index (χ1n) is 11.3. The maximum absolute atomic E-state index is 10.6. The highest BCUT2D eigenvalue weighted by Gasteiger charge is 2.59. The van der Waals surface area contributed by atoms with Gasteiger partial charge in [0, 0.05) is 6.54 Å². The van der Waals surface area contributed by atoms with Gasteiger partial charge in [-0.1, -0.05) is 19.0 Å². The molecule has 4 saturated carbocycles. The van der Waals surface area contributed by atoms with Crippen LogP contribution in [0.25, 0.3) is 0 Å². The molecule has 4 nitrogen and oxygen atoms in total. The van der Waals surface area contributed by atoms with Gasteiger partial charge in [0.15, 0.2) is 0 Å². The van der Waals surface area contributed by atoms with Gasteiger partial charge in [-0.15, -0.1) is 0 Å². The SMILES string of the molecule is CN(C)CCON=C1CCC2(C)C(CCC3C4CCC(O)C4(C)CC[C@@H]32)C1. The minimum atomic E-state index is -0.0571. The number of oxime groups is 1. The highest BCUT2D eigenvalue weighted by Crippen LogP contribution is 2.65. The van der Waals surface area contributed by atoms with Crippen LogP contribution < -0.4 is 0 Å². The zero-order chi connectivity index (χ0) is 19.2. The maximum atomic E-state index is 10.6. The first kappa shape index (κ1) is 19.7. The van der Waals surface area contributed by atoms with E-state index in [2.05, 4.69) is 38.0 Å². The van der Waals surface area contributed by atoms with Crippen molar-refractivity contribution >= 4 is 5.71 Å². The van der Waals surface area contributed by atoms with Crippen LogP contribution in [-0.2, 0) is 4.84 Å². The number of fused-ring (bicyclic) bond motifs is 5. The van der Waals surface area contributed by atoms with E-state index in [0.29, 0.717) is 12.0 Å². The molecule has 6 unspecified atom stereocenters. The van der Waals surface area contributed by atoms with Crippen molar-refractivity contribution in [3.63, 3.8) is 0 Å². The number of likely N-dealkylation sites (N-methyl/N-ethyl adjacent to an activating group) is 1. The summed E-state index contributed by atoms with van der Waals surface area (Å²) in [4.78, 5) is 7.74. The van der Waals surface area contributed by atoms with Crippen LogP contribution in [0.5, 0.6) is 0 Å². The predicted molar refractivity (Wildman–Crippen MR) is 110 cm³/mol. The highest BCUT2D eigenvalue weighted by atomic mass is 16.6. The zero-order valence-corrected chi connectivity index (χ0v) is 17.9. The summed E-state index contributed by atoms with van der Waals surface area (Å²) in [6.07, 6.45) is 11.0. The fourth-order valence-electron chi connectivity index (χ4n) is 7.48. The molecule has 0 aromatic rings. The number of rotatable bonds is 4. The van der Waals surface area contributed by atoms with Gasteiger partial charge in [-0.05, 0) is 106 Å².